The molecule has 0 spiro atoms. The van der Waals surface area contributed by atoms with E-state index in [0.29, 0.717) is 23.5 Å². The summed E-state index contributed by atoms with van der Waals surface area (Å²) in [7, 11) is 0. The smallest absolute Gasteiger partial charge is 0.264 e. The van der Waals surface area contributed by atoms with Gasteiger partial charge in [-0.05, 0) is 55.3 Å². The van der Waals surface area contributed by atoms with Gasteiger partial charge >= 0.3 is 0 Å². The molecule has 0 radical (unpaired) electrons. The van der Waals surface area contributed by atoms with Crippen molar-refractivity contribution in [3.8, 4) is 0 Å². The van der Waals surface area contributed by atoms with E-state index < -0.39 is 6.04 Å². The third-order valence-corrected chi connectivity index (χ3v) is 6.41. The number of nitrogens with zero attached hydrogens (tertiary/aromatic N) is 2. The van der Waals surface area contributed by atoms with Crippen molar-refractivity contribution in [3.63, 3.8) is 0 Å². The lowest BCUT2D eigenvalue weighted by atomic mass is 10.2. The molecule has 3 aromatic rings. The lowest BCUT2D eigenvalue weighted by Crippen LogP contribution is -2.42. The number of imidazole rings is 1. The Morgan fingerprint density at radius 2 is 2.17 bits per heavy atom. The quantitative estimate of drug-likeness (QED) is 0.686. The molecule has 2 aliphatic heterocycles. The zero-order chi connectivity index (χ0) is 19.8. The molecule has 4 heterocycles. The summed E-state index contributed by atoms with van der Waals surface area (Å²) in [5.41, 5.74) is 2.41. The number of anilines is 1. The summed E-state index contributed by atoms with van der Waals surface area (Å²) in [5, 5.41) is 4.85. The van der Waals surface area contributed by atoms with Gasteiger partial charge in [0.1, 0.15) is 18.0 Å². The number of carbonyl (C=O) groups is 2. The fourth-order valence-corrected chi connectivity index (χ4v) is 4.78. The fraction of sp³-hybridized carbons (Fsp3) is 0.381. The molecule has 2 amide bonds. The number of aromatic amines is 1. The normalized spacial score (nSPS) is 21.7. The second-order valence-electron chi connectivity index (χ2n) is 7.48. The molecule has 29 heavy (non-hydrogen) atoms. The maximum atomic E-state index is 12.9. The van der Waals surface area contributed by atoms with Crippen molar-refractivity contribution >= 4 is 39.9 Å². The minimum absolute atomic E-state index is 0.0238. The second kappa shape index (κ2) is 7.61. The number of amides is 2. The number of benzene rings is 1. The number of fused-ring (bicyclic) bond motifs is 1. The Balaban J connectivity index is 1.31. The molecule has 8 heteroatoms. The van der Waals surface area contributed by atoms with E-state index in [0.717, 1.165) is 42.7 Å². The van der Waals surface area contributed by atoms with Gasteiger partial charge in [-0.15, -0.1) is 11.3 Å². The molecule has 2 aromatic heterocycles. The van der Waals surface area contributed by atoms with Gasteiger partial charge in [0.05, 0.1) is 15.9 Å². The number of hydrogen-bond donors (Lipinski definition) is 2. The van der Waals surface area contributed by atoms with Gasteiger partial charge in [-0.3, -0.25) is 9.59 Å². The van der Waals surface area contributed by atoms with Gasteiger partial charge in [0, 0.05) is 18.8 Å². The molecule has 7 nitrogen and oxygen atoms in total. The highest BCUT2D eigenvalue weighted by atomic mass is 32.1. The van der Waals surface area contributed by atoms with Gasteiger partial charge < -0.3 is 19.9 Å². The predicted molar refractivity (Wildman–Crippen MR) is 111 cm³/mol. The van der Waals surface area contributed by atoms with Crippen molar-refractivity contribution in [1.29, 1.82) is 0 Å². The summed E-state index contributed by atoms with van der Waals surface area (Å²) in [6.45, 7) is 1.38. The van der Waals surface area contributed by atoms with Gasteiger partial charge in [-0.1, -0.05) is 6.07 Å². The third-order valence-electron chi connectivity index (χ3n) is 5.55. The summed E-state index contributed by atoms with van der Waals surface area (Å²) >= 11 is 1.41. The van der Waals surface area contributed by atoms with Crippen LogP contribution in [0.25, 0.3) is 11.0 Å². The molecular formula is C21H22N4O3S. The van der Waals surface area contributed by atoms with Crippen LogP contribution in [0.5, 0.6) is 0 Å². The Kier molecular flexibility index (Phi) is 4.81. The highest BCUT2D eigenvalue weighted by Crippen LogP contribution is 2.29. The van der Waals surface area contributed by atoms with Gasteiger partial charge in [0.25, 0.3) is 5.91 Å². The van der Waals surface area contributed by atoms with E-state index in [2.05, 4.69) is 15.3 Å². The number of likely N-dealkylation sites (tertiary alicyclic amines) is 1. The number of rotatable bonds is 4. The molecule has 2 fully saturated rings. The molecule has 1 aromatic carbocycles. The van der Waals surface area contributed by atoms with Crippen LogP contribution in [0, 0.1) is 0 Å². The number of hydrogen-bond acceptors (Lipinski definition) is 5. The largest absolute Gasteiger partial charge is 0.370 e. The predicted octanol–water partition coefficient (Wildman–Crippen LogP) is 3.72. The van der Waals surface area contributed by atoms with E-state index >= 15 is 0 Å². The SMILES string of the molecule is O=C(Nc1ccc2nc([C@@H]3CCCO3)[nH]c2c1)[C@@H]1CCCN1C(=O)c1cccs1. The molecule has 2 saturated heterocycles. The molecule has 150 valence electrons. The van der Waals surface area contributed by atoms with Crippen LogP contribution in [0.3, 0.4) is 0 Å². The van der Waals surface area contributed by atoms with Crippen molar-refractivity contribution < 1.29 is 14.3 Å². The number of nitrogens with one attached hydrogen (secondary N) is 2. The lowest BCUT2D eigenvalue weighted by Gasteiger charge is -2.23. The molecule has 0 aliphatic carbocycles. The maximum Gasteiger partial charge on any atom is 0.264 e. The van der Waals surface area contributed by atoms with E-state index in [4.69, 9.17) is 4.74 Å². The van der Waals surface area contributed by atoms with Crippen LogP contribution in [0.1, 0.15) is 47.3 Å². The second-order valence-corrected chi connectivity index (χ2v) is 8.43. The van der Waals surface area contributed by atoms with Crippen LogP contribution in [-0.2, 0) is 9.53 Å². The fourth-order valence-electron chi connectivity index (χ4n) is 4.10. The van der Waals surface area contributed by atoms with Crippen LogP contribution in [0.15, 0.2) is 35.7 Å². The zero-order valence-corrected chi connectivity index (χ0v) is 16.7. The molecular weight excluding hydrogens is 388 g/mol. The summed E-state index contributed by atoms with van der Waals surface area (Å²) in [6.07, 6.45) is 3.55. The first-order chi connectivity index (χ1) is 14.2. The van der Waals surface area contributed by atoms with Gasteiger partial charge in [-0.25, -0.2) is 4.98 Å². The van der Waals surface area contributed by atoms with E-state index in [1.54, 1.807) is 11.0 Å². The summed E-state index contributed by atoms with van der Waals surface area (Å²) in [4.78, 5) is 35.9. The number of aromatic nitrogens is 2. The standard InChI is InChI=1S/C21H22N4O3S/c26-20(16-4-1-9-25(16)21(27)18-6-3-11-29-18)22-13-7-8-14-15(12-13)24-19(23-14)17-5-2-10-28-17/h3,6-8,11-12,16-17H,1-2,4-5,9-10H2,(H,22,26)(H,23,24)/t16-,17-/m0/s1. The molecule has 0 bridgehead atoms. The molecule has 2 atom stereocenters. The highest BCUT2D eigenvalue weighted by molar-refractivity contribution is 7.12. The first-order valence-electron chi connectivity index (χ1n) is 9.95. The van der Waals surface area contributed by atoms with Gasteiger partial charge in [-0.2, -0.15) is 0 Å². The number of carbonyl (C=O) groups excluding carboxylic acids is 2. The van der Waals surface area contributed by atoms with Crippen LogP contribution >= 0.6 is 11.3 Å². The molecule has 2 aliphatic rings. The highest BCUT2D eigenvalue weighted by Gasteiger charge is 2.35. The van der Waals surface area contributed by atoms with Crippen LogP contribution < -0.4 is 5.32 Å². The number of H-pyrrole nitrogens is 1. The maximum absolute atomic E-state index is 12.9. The monoisotopic (exact) mass is 410 g/mol. The van der Waals surface area contributed by atoms with E-state index in [9.17, 15) is 9.59 Å². The first kappa shape index (κ1) is 18.3. The molecule has 0 unspecified atom stereocenters. The number of ether oxygens (including phenoxy) is 1. The Morgan fingerprint density at radius 3 is 2.97 bits per heavy atom. The summed E-state index contributed by atoms with van der Waals surface area (Å²) < 4.78 is 5.70. The van der Waals surface area contributed by atoms with E-state index in [-0.39, 0.29) is 17.9 Å². The van der Waals surface area contributed by atoms with Gasteiger partial charge in [0.2, 0.25) is 5.91 Å². The topological polar surface area (TPSA) is 87.3 Å². The average Bonchev–Trinajstić information content (AvgIpc) is 3.53. The van der Waals surface area contributed by atoms with Crippen molar-refractivity contribution in [2.75, 3.05) is 18.5 Å². The van der Waals surface area contributed by atoms with Crippen molar-refractivity contribution in [2.24, 2.45) is 0 Å². The Morgan fingerprint density at radius 1 is 1.24 bits per heavy atom. The number of thiophene rings is 1. The summed E-state index contributed by atoms with van der Waals surface area (Å²) in [6, 6.07) is 8.85. The third kappa shape index (κ3) is 3.54. The van der Waals surface area contributed by atoms with E-state index in [1.165, 1.54) is 11.3 Å². The molecule has 5 rings (SSSR count). The lowest BCUT2D eigenvalue weighted by molar-refractivity contribution is -0.119. The minimum Gasteiger partial charge on any atom is -0.370 e. The van der Waals surface area contributed by atoms with Crippen LogP contribution in [0.2, 0.25) is 0 Å². The minimum atomic E-state index is -0.440. The zero-order valence-electron chi connectivity index (χ0n) is 15.9. The van der Waals surface area contributed by atoms with Crippen LogP contribution in [-0.4, -0.2) is 45.9 Å². The Bertz CT molecular complexity index is 1040. The van der Waals surface area contributed by atoms with Crippen LogP contribution in [0.4, 0.5) is 5.69 Å². The van der Waals surface area contributed by atoms with E-state index in [1.807, 2.05) is 29.6 Å². The Labute approximate surface area is 172 Å². The molecule has 2 N–H and O–H groups in total. The average molecular weight is 410 g/mol. The van der Waals surface area contributed by atoms with Crippen molar-refractivity contribution in [1.82, 2.24) is 14.9 Å². The summed E-state index contributed by atoms with van der Waals surface area (Å²) in [5.74, 6) is 0.623. The van der Waals surface area contributed by atoms with Crippen molar-refractivity contribution in [3.05, 3.63) is 46.4 Å². The van der Waals surface area contributed by atoms with Crippen molar-refractivity contribution in [2.45, 2.75) is 37.8 Å². The Hall–Kier alpha value is -2.71. The van der Waals surface area contributed by atoms with Gasteiger partial charge in [0.15, 0.2) is 0 Å². The first-order valence-corrected chi connectivity index (χ1v) is 10.8. The molecule has 0 saturated carbocycles.